The van der Waals surface area contributed by atoms with Gasteiger partial charge in [0.15, 0.2) is 5.75 Å². The van der Waals surface area contributed by atoms with Gasteiger partial charge >= 0.3 is 0 Å². The molecule has 6 heteroatoms. The zero-order valence-electron chi connectivity index (χ0n) is 13.6. The van der Waals surface area contributed by atoms with E-state index < -0.39 is 5.56 Å². The molecule has 3 rings (SSSR count). The number of halogens is 2. The number of nitrogens with zero attached hydrogens (tertiary/aromatic N) is 1. The minimum absolute atomic E-state index is 0.00849. The molecule has 0 spiro atoms. The lowest BCUT2D eigenvalue weighted by Crippen LogP contribution is -2.11. The number of benzene rings is 2. The number of rotatable bonds is 5. The van der Waals surface area contributed by atoms with E-state index in [1.165, 1.54) is 5.56 Å². The van der Waals surface area contributed by atoms with Gasteiger partial charge in [0, 0.05) is 15.3 Å². The molecule has 1 aromatic heterocycles. The Morgan fingerprint density at radius 2 is 1.88 bits per heavy atom. The van der Waals surface area contributed by atoms with Crippen molar-refractivity contribution in [3.05, 3.63) is 90.4 Å². The van der Waals surface area contributed by atoms with E-state index in [2.05, 4.69) is 33.6 Å². The third kappa shape index (κ3) is 4.65. The lowest BCUT2D eigenvalue weighted by atomic mass is 10.1. The molecule has 130 valence electrons. The molecule has 0 bridgehead atoms. The summed E-state index contributed by atoms with van der Waals surface area (Å²) in [5.41, 5.74) is 2.02. The zero-order chi connectivity index (χ0) is 18.5. The Kier molecular flexibility index (Phi) is 5.96. The van der Waals surface area contributed by atoms with Crippen LogP contribution in [0.4, 0.5) is 0 Å². The first-order chi connectivity index (χ1) is 12.5. The van der Waals surface area contributed by atoms with E-state index in [9.17, 15) is 4.79 Å². The smallest absolute Gasteiger partial charge is 0.270 e. The first-order valence-corrected chi connectivity index (χ1v) is 9.35. The number of hydrogen-bond donors (Lipinski definition) is 1. The molecule has 0 saturated heterocycles. The Morgan fingerprint density at radius 3 is 2.62 bits per heavy atom. The van der Waals surface area contributed by atoms with Crippen LogP contribution in [0.5, 0.6) is 11.5 Å². The standard InChI is InChI=1S/C20H14ClIN2O2/c21-19-18(26-17-9-14(12-23)8-15(22)10-17)11-16(24-20(19)25)7-6-13-4-2-1-3-5-13/h1-5,8-11H,6-7H2,(H,24,25). The molecule has 0 unspecified atom stereocenters. The molecule has 0 atom stereocenters. The topological polar surface area (TPSA) is 65.9 Å². The number of H-pyrrole nitrogens is 1. The second-order valence-electron chi connectivity index (χ2n) is 5.68. The van der Waals surface area contributed by atoms with Gasteiger partial charge in [-0.25, -0.2) is 0 Å². The molecule has 3 aromatic rings. The fourth-order valence-electron chi connectivity index (χ4n) is 2.52. The van der Waals surface area contributed by atoms with E-state index in [4.69, 9.17) is 21.6 Å². The van der Waals surface area contributed by atoms with Crippen LogP contribution in [0.15, 0.2) is 59.4 Å². The quantitative estimate of drug-likeness (QED) is 0.522. The van der Waals surface area contributed by atoms with Gasteiger partial charge in [-0.2, -0.15) is 5.26 Å². The van der Waals surface area contributed by atoms with Crippen molar-refractivity contribution in [1.29, 1.82) is 5.26 Å². The zero-order valence-corrected chi connectivity index (χ0v) is 16.5. The van der Waals surface area contributed by atoms with Crippen molar-refractivity contribution in [2.75, 3.05) is 0 Å². The minimum atomic E-state index is -0.390. The van der Waals surface area contributed by atoms with Gasteiger partial charge in [0.1, 0.15) is 10.8 Å². The summed E-state index contributed by atoms with van der Waals surface area (Å²) < 4.78 is 6.66. The van der Waals surface area contributed by atoms with Gasteiger partial charge in [0.2, 0.25) is 0 Å². The van der Waals surface area contributed by atoms with Gasteiger partial charge in [-0.05, 0) is 59.2 Å². The van der Waals surface area contributed by atoms with Gasteiger partial charge in [0.05, 0.1) is 11.6 Å². The number of ether oxygens (including phenoxy) is 1. The number of pyridine rings is 1. The Labute approximate surface area is 169 Å². The van der Waals surface area contributed by atoms with Gasteiger partial charge in [-0.15, -0.1) is 0 Å². The maximum absolute atomic E-state index is 12.1. The van der Waals surface area contributed by atoms with E-state index in [0.717, 1.165) is 15.7 Å². The highest BCUT2D eigenvalue weighted by molar-refractivity contribution is 14.1. The Hall–Kier alpha value is -2.30. The molecule has 0 aliphatic heterocycles. The molecule has 0 aliphatic carbocycles. The highest BCUT2D eigenvalue weighted by Gasteiger charge is 2.11. The molecule has 0 radical (unpaired) electrons. The molecule has 1 N–H and O–H groups in total. The predicted molar refractivity (Wildman–Crippen MR) is 110 cm³/mol. The first-order valence-electron chi connectivity index (χ1n) is 7.89. The van der Waals surface area contributed by atoms with Crippen molar-refractivity contribution < 1.29 is 4.74 Å². The molecule has 0 saturated carbocycles. The van der Waals surface area contributed by atoms with Crippen molar-refractivity contribution in [1.82, 2.24) is 4.98 Å². The van der Waals surface area contributed by atoms with Crippen LogP contribution in [0.25, 0.3) is 0 Å². The lowest BCUT2D eigenvalue weighted by molar-refractivity contribution is 0.480. The van der Waals surface area contributed by atoms with Gasteiger partial charge in [0.25, 0.3) is 5.56 Å². The number of aromatic nitrogens is 1. The number of aromatic amines is 1. The highest BCUT2D eigenvalue weighted by atomic mass is 127. The summed E-state index contributed by atoms with van der Waals surface area (Å²) in [7, 11) is 0. The third-order valence-corrected chi connectivity index (χ3v) is 4.73. The van der Waals surface area contributed by atoms with Crippen LogP contribution in [0.1, 0.15) is 16.8 Å². The van der Waals surface area contributed by atoms with Crippen LogP contribution in [0, 0.1) is 14.9 Å². The molecule has 0 amide bonds. The van der Waals surface area contributed by atoms with E-state index in [-0.39, 0.29) is 10.8 Å². The van der Waals surface area contributed by atoms with Gasteiger partial charge < -0.3 is 9.72 Å². The number of hydrogen-bond acceptors (Lipinski definition) is 3. The number of nitrogens with one attached hydrogen (secondary N) is 1. The second-order valence-corrected chi connectivity index (χ2v) is 7.30. The van der Waals surface area contributed by atoms with E-state index in [1.54, 1.807) is 24.3 Å². The largest absolute Gasteiger partial charge is 0.455 e. The summed E-state index contributed by atoms with van der Waals surface area (Å²) in [5.74, 6) is 0.749. The Morgan fingerprint density at radius 1 is 1.12 bits per heavy atom. The average Bonchev–Trinajstić information content (AvgIpc) is 2.64. The third-order valence-electron chi connectivity index (χ3n) is 3.75. The molecule has 1 heterocycles. The van der Waals surface area contributed by atoms with Gasteiger partial charge in [-0.3, -0.25) is 4.79 Å². The normalized spacial score (nSPS) is 10.3. The van der Waals surface area contributed by atoms with Crippen LogP contribution in [-0.4, -0.2) is 4.98 Å². The predicted octanol–water partition coefficient (Wildman–Crippen LogP) is 5.08. The Bertz CT molecular complexity index is 1030. The van der Waals surface area contributed by atoms with Crippen molar-refractivity contribution in [3.8, 4) is 17.6 Å². The molecule has 0 fully saturated rings. The molecule has 0 aliphatic rings. The van der Waals surface area contributed by atoms with E-state index in [1.807, 2.05) is 30.3 Å². The van der Waals surface area contributed by atoms with Crippen LogP contribution in [0.3, 0.4) is 0 Å². The van der Waals surface area contributed by atoms with Crippen molar-refractivity contribution >= 4 is 34.2 Å². The van der Waals surface area contributed by atoms with Crippen LogP contribution in [0.2, 0.25) is 5.02 Å². The molecular formula is C20H14ClIN2O2. The fourth-order valence-corrected chi connectivity index (χ4v) is 3.30. The summed E-state index contributed by atoms with van der Waals surface area (Å²) >= 11 is 8.22. The van der Waals surface area contributed by atoms with E-state index in [0.29, 0.717) is 17.7 Å². The fraction of sp³-hybridized carbons (Fsp3) is 0.100. The summed E-state index contributed by atoms with van der Waals surface area (Å²) in [5, 5.41) is 9.08. The summed E-state index contributed by atoms with van der Waals surface area (Å²) in [6.45, 7) is 0. The maximum Gasteiger partial charge on any atom is 0.270 e. The highest BCUT2D eigenvalue weighted by Crippen LogP contribution is 2.29. The second kappa shape index (κ2) is 8.39. The molecule has 26 heavy (non-hydrogen) atoms. The van der Waals surface area contributed by atoms with Crippen LogP contribution >= 0.6 is 34.2 Å². The summed E-state index contributed by atoms with van der Waals surface area (Å²) in [6, 6.07) is 19.0. The lowest BCUT2D eigenvalue weighted by Gasteiger charge is -2.10. The van der Waals surface area contributed by atoms with Crippen LogP contribution in [-0.2, 0) is 12.8 Å². The average molecular weight is 477 g/mol. The number of nitriles is 1. The summed E-state index contributed by atoms with van der Waals surface area (Å²) in [4.78, 5) is 14.9. The maximum atomic E-state index is 12.1. The SMILES string of the molecule is N#Cc1cc(I)cc(Oc2cc(CCc3ccccc3)[nH]c(=O)c2Cl)c1. The van der Waals surface area contributed by atoms with Crippen molar-refractivity contribution in [2.24, 2.45) is 0 Å². The minimum Gasteiger partial charge on any atom is -0.455 e. The Balaban J connectivity index is 1.85. The molecule has 4 nitrogen and oxygen atoms in total. The molecular weight excluding hydrogens is 463 g/mol. The monoisotopic (exact) mass is 476 g/mol. The number of aryl methyl sites for hydroxylation is 2. The van der Waals surface area contributed by atoms with Crippen molar-refractivity contribution in [3.63, 3.8) is 0 Å². The summed E-state index contributed by atoms with van der Waals surface area (Å²) in [6.07, 6.45) is 1.45. The first kappa shape index (κ1) is 18.5. The molecule has 2 aromatic carbocycles. The van der Waals surface area contributed by atoms with Gasteiger partial charge in [-0.1, -0.05) is 41.9 Å². The van der Waals surface area contributed by atoms with Crippen molar-refractivity contribution in [2.45, 2.75) is 12.8 Å². The van der Waals surface area contributed by atoms with E-state index >= 15 is 0 Å². The van der Waals surface area contributed by atoms with Crippen LogP contribution < -0.4 is 10.3 Å².